The number of aliphatic imine (C=N–C) groups is 1. The minimum atomic E-state index is -1.09. The van der Waals surface area contributed by atoms with E-state index in [1.165, 1.54) is 51.6 Å². The van der Waals surface area contributed by atoms with Crippen molar-refractivity contribution < 1.29 is 43.5 Å². The second-order valence-electron chi connectivity index (χ2n) is 42.2. The first-order valence-corrected chi connectivity index (χ1v) is 43.2. The number of imidazole rings is 1. The number of carbonyl (C=O) groups excluding carboxylic acids is 8. The maximum Gasteiger partial charge on any atom is 0.350 e. The van der Waals surface area contributed by atoms with Gasteiger partial charge in [0.05, 0.1) is 6.34 Å². The van der Waals surface area contributed by atoms with Gasteiger partial charge in [-0.15, -0.1) is 0 Å². The van der Waals surface area contributed by atoms with Crippen LogP contribution in [0.15, 0.2) is 147 Å². The first kappa shape index (κ1) is 109. The molecule has 31 nitrogen and oxygen atoms in total. The fourth-order valence-electron chi connectivity index (χ4n) is 11.4. The van der Waals surface area contributed by atoms with Crippen LogP contribution in [-0.4, -0.2) is 155 Å². The molecule has 0 radical (unpaired) electrons. The predicted molar refractivity (Wildman–Crippen MR) is 518 cm³/mol. The third-order valence-electron chi connectivity index (χ3n) is 18.8. The Morgan fingerprint density at radius 3 is 1.29 bits per heavy atom. The molecular weight excluding hydrogens is 1640 g/mol. The molecule has 0 spiro atoms. The zero-order valence-electron chi connectivity index (χ0n) is 82.4. The van der Waals surface area contributed by atoms with Crippen molar-refractivity contribution in [3.63, 3.8) is 0 Å². The number of allylic oxidation sites excluding steroid dienone is 3. The molecule has 7 aromatic rings. The fourth-order valence-corrected chi connectivity index (χ4v) is 11.4. The Morgan fingerprint density at radius 1 is 0.481 bits per heavy atom. The van der Waals surface area contributed by atoms with E-state index in [0.717, 1.165) is 38.2 Å². The topological polar surface area (TPSA) is 396 Å². The lowest BCUT2D eigenvalue weighted by Crippen LogP contribution is -2.54. The number of aliphatic hydroxyl groups excluding tert-OH is 1. The molecule has 5 aromatic heterocycles. The lowest BCUT2D eigenvalue weighted by Gasteiger charge is -2.37. The molecule has 8 rings (SSSR count). The molecule has 6 amide bonds. The van der Waals surface area contributed by atoms with E-state index in [-0.39, 0.29) is 75.3 Å². The number of hydrogen-bond acceptors (Lipinski definition) is 20. The summed E-state index contributed by atoms with van der Waals surface area (Å²) in [7, 11) is 3.66. The van der Waals surface area contributed by atoms with Crippen molar-refractivity contribution in [3.05, 3.63) is 187 Å². The van der Waals surface area contributed by atoms with E-state index in [2.05, 4.69) is 129 Å². The highest BCUT2D eigenvalue weighted by Crippen LogP contribution is 2.32. The van der Waals surface area contributed by atoms with Crippen LogP contribution < -0.4 is 49.0 Å². The lowest BCUT2D eigenvalue weighted by molar-refractivity contribution is -0.122. The Bertz CT molecular complexity index is 5460. The zero-order chi connectivity index (χ0) is 98.3. The maximum absolute atomic E-state index is 12.6. The van der Waals surface area contributed by atoms with E-state index in [0.29, 0.717) is 68.1 Å². The Kier molecular flexibility index (Phi) is 38.1. The van der Waals surface area contributed by atoms with E-state index in [4.69, 9.17) is 4.98 Å². The molecule has 0 bridgehead atoms. The van der Waals surface area contributed by atoms with Crippen molar-refractivity contribution in [1.29, 1.82) is 0 Å². The third kappa shape index (κ3) is 36.4. The summed E-state index contributed by atoms with van der Waals surface area (Å²) >= 11 is 0. The van der Waals surface area contributed by atoms with Crippen molar-refractivity contribution in [2.24, 2.45) is 32.1 Å². The highest BCUT2D eigenvalue weighted by Gasteiger charge is 2.33. The minimum Gasteiger partial charge on any atom is -0.369 e. The van der Waals surface area contributed by atoms with Crippen molar-refractivity contribution in [2.45, 2.75) is 274 Å². The average Bonchev–Trinajstić information content (AvgIpc) is 1.61. The molecule has 702 valence electrons. The molecule has 7 N–H and O–H groups in total. The van der Waals surface area contributed by atoms with Crippen LogP contribution in [0.5, 0.6) is 0 Å². The Morgan fingerprint density at radius 2 is 0.884 bits per heavy atom. The van der Waals surface area contributed by atoms with Crippen LogP contribution in [0.2, 0.25) is 0 Å². The monoisotopic (exact) mass is 1780 g/mol. The number of aliphatic hydroxyl groups is 1. The molecule has 1 atom stereocenters. The van der Waals surface area contributed by atoms with E-state index < -0.39 is 56.0 Å². The van der Waals surface area contributed by atoms with Crippen LogP contribution >= 0.6 is 0 Å². The van der Waals surface area contributed by atoms with E-state index in [9.17, 15) is 57.8 Å². The van der Waals surface area contributed by atoms with Crippen LogP contribution in [0.4, 0.5) is 34.0 Å². The summed E-state index contributed by atoms with van der Waals surface area (Å²) in [6.07, 6.45) is 24.7. The van der Waals surface area contributed by atoms with Crippen LogP contribution in [0, 0.1) is 27.1 Å². The van der Waals surface area contributed by atoms with Crippen molar-refractivity contribution in [2.75, 3.05) is 48.5 Å². The van der Waals surface area contributed by atoms with Gasteiger partial charge in [0.2, 0.25) is 17.8 Å². The van der Waals surface area contributed by atoms with Crippen molar-refractivity contribution in [1.82, 2.24) is 68.6 Å². The minimum absolute atomic E-state index is 0.00134. The molecule has 1 aliphatic rings. The smallest absolute Gasteiger partial charge is 0.350 e. The van der Waals surface area contributed by atoms with Crippen LogP contribution in [0.3, 0.4) is 0 Å². The number of rotatable bonds is 22. The van der Waals surface area contributed by atoms with Gasteiger partial charge in [-0.05, 0) is 207 Å². The molecule has 0 saturated carbocycles. The van der Waals surface area contributed by atoms with Gasteiger partial charge in [0.25, 0.3) is 11.8 Å². The van der Waals surface area contributed by atoms with Crippen molar-refractivity contribution >= 4 is 112 Å². The standard InChI is InChI=1S/C23H32N6O.C22H27N3O3.C20H32N4O3.C18H28N4O2.C15H24N2O3/c1-22(2,3)13-10-14-24-21-27-17-18(28-20(30)16-11-8-7-9-12-16)25-15-26-19(17)29(21)23(4,5)6;1-21(2,3)17(26)13-12-16-14-25(22(4,5)6)20(28)24-18(16)23-19(27)15-10-8-7-9-11-15;1-14(25)22-17-15(13-24(18(27)23-17)20(5,6)7)9-10-16(26)21-12-8-11-19(2,3)4;1-17(2,3)14(23)10-9-13-11-22(18(4,5)6)16(24)20-15(13)19-12-21(7)8;1-14(2,3)11(18)8-7-10-9-17(15(4,5)6)13(20)16-12(10)19/h7-9,11-12,15H,10,13-14H2,1-6H3,(H,24,27)(H,25,26,28,30);7-14H,1-6H3,(H,23,24,27,28);9-10,13H,8,11-12H2,1-7H3,(H,21,26)(H,22,23,25,27);9-12H,1-8H3;7-9,12,19H,1-6H3,(H,16,20)/b;13-12+;10-9+;10-9+,19-12?;8-7+. The number of amides is 6. The summed E-state index contributed by atoms with van der Waals surface area (Å²) in [4.78, 5) is 167. The predicted octanol–water partition coefficient (Wildman–Crippen LogP) is 16.9. The molecule has 31 heteroatoms. The number of carbonyl (C=O) groups is 8. The number of nitrogens with one attached hydrogen (secondary N) is 6. The zero-order valence-corrected chi connectivity index (χ0v) is 82.4. The number of hydrogen-bond donors (Lipinski definition) is 7. The van der Waals surface area contributed by atoms with Gasteiger partial charge in [0.1, 0.15) is 18.0 Å². The summed E-state index contributed by atoms with van der Waals surface area (Å²) in [6.45, 7) is 61.6. The van der Waals surface area contributed by atoms with Crippen molar-refractivity contribution in [3.8, 4) is 0 Å². The van der Waals surface area contributed by atoms with E-state index in [1.807, 2.05) is 184 Å². The number of ketones is 3. The van der Waals surface area contributed by atoms with E-state index >= 15 is 0 Å². The number of benzene rings is 2. The molecule has 2 aromatic carbocycles. The number of nitrogens with zero attached hydrogens (tertiary/aromatic N) is 13. The van der Waals surface area contributed by atoms with Gasteiger partial charge >= 0.3 is 23.1 Å². The summed E-state index contributed by atoms with van der Waals surface area (Å²) in [6, 6.07) is 17.4. The summed E-state index contributed by atoms with van der Waals surface area (Å²) in [5.74, 6) is 0.442. The maximum atomic E-state index is 12.6. The molecule has 0 aliphatic carbocycles. The first-order valence-electron chi connectivity index (χ1n) is 43.2. The van der Waals surface area contributed by atoms with Gasteiger partial charge in [0, 0.05) is 142 Å². The second-order valence-corrected chi connectivity index (χ2v) is 42.2. The Hall–Kier alpha value is -12.3. The molecular formula is C98H143N19O12. The molecule has 1 unspecified atom stereocenters. The molecule has 6 heterocycles. The second kappa shape index (κ2) is 45.1. The van der Waals surface area contributed by atoms with Gasteiger partial charge < -0.3 is 41.9 Å². The molecule has 0 fully saturated rings. The number of anilines is 4. The Labute approximate surface area is 761 Å². The number of aromatic nitrogens is 10. The molecule has 0 saturated heterocycles. The van der Waals surface area contributed by atoms with Gasteiger partial charge in [0.15, 0.2) is 46.4 Å². The number of urea groups is 1. The Balaban J connectivity index is 0.000000340. The van der Waals surface area contributed by atoms with Crippen LogP contribution in [0.1, 0.15) is 278 Å². The average molecular weight is 1780 g/mol. The molecule has 129 heavy (non-hydrogen) atoms. The third-order valence-corrected chi connectivity index (χ3v) is 18.8. The van der Waals surface area contributed by atoms with Gasteiger partial charge in [-0.25, -0.2) is 39.1 Å². The largest absolute Gasteiger partial charge is 0.369 e. The highest BCUT2D eigenvalue weighted by molar-refractivity contribution is 6.07. The first-order chi connectivity index (χ1) is 59.0. The van der Waals surface area contributed by atoms with Gasteiger partial charge in [-0.3, -0.25) is 56.7 Å². The van der Waals surface area contributed by atoms with Crippen LogP contribution in [-0.2, 0) is 46.1 Å². The van der Waals surface area contributed by atoms with Crippen LogP contribution in [0.25, 0.3) is 29.4 Å². The summed E-state index contributed by atoms with van der Waals surface area (Å²) in [5.41, 5.74) is 0.106. The molecule has 1 aliphatic heterocycles. The SMILES string of the molecule is CC(=O)Nc1nc(=O)n(C(C)(C)C)cc1/C=C/C(=O)NCCCC(C)(C)C.CC(C)(C)C(=O)/C=C/C1=CN(C(C)(C)C)C(=O)NC1O.CC(C)(C)C(=O)/C=C/c1cn(C(C)(C)C)c(=O)nc1NC(=O)c1ccccc1.CC(C)(C)CCCNc1nc2c(NC(=O)c3ccccc3)ncnc2n1C(C)(C)C.CN(C)C=Nc1nc(=O)n(C(C)(C)C)cc1/C=C/C(=O)C(C)(C)C. The fraction of sp³-hybridized carbons (Fsp3) is 0.510. The summed E-state index contributed by atoms with van der Waals surface area (Å²) < 4.78 is 6.56. The number of fused-ring (bicyclic) bond motifs is 1. The lowest BCUT2D eigenvalue weighted by atomic mass is 9.90. The van der Waals surface area contributed by atoms with Gasteiger partial charge in [-0.1, -0.05) is 140 Å². The van der Waals surface area contributed by atoms with E-state index in [1.54, 1.807) is 101 Å². The summed E-state index contributed by atoms with van der Waals surface area (Å²) in [5, 5.41) is 26.7. The highest BCUT2D eigenvalue weighted by atomic mass is 16.3. The van der Waals surface area contributed by atoms with Gasteiger partial charge in [-0.2, -0.15) is 15.0 Å². The quantitative estimate of drug-likeness (QED) is 0.0143. The normalized spacial score (nSPS) is 13.7.